The predicted octanol–water partition coefficient (Wildman–Crippen LogP) is 2.11. The van der Waals surface area contributed by atoms with E-state index in [0.717, 1.165) is 19.3 Å². The maximum absolute atomic E-state index is 13.7. The van der Waals surface area contributed by atoms with Gasteiger partial charge in [0.2, 0.25) is 5.91 Å². The zero-order chi connectivity index (χ0) is 20.7. The van der Waals surface area contributed by atoms with Gasteiger partial charge in [-0.1, -0.05) is 32.4 Å². The van der Waals surface area contributed by atoms with Crippen LogP contribution in [0.15, 0.2) is 24.3 Å². The molecule has 1 aliphatic rings. The second-order valence-electron chi connectivity index (χ2n) is 7.35. The summed E-state index contributed by atoms with van der Waals surface area (Å²) >= 11 is 0. The zero-order valence-electron chi connectivity index (χ0n) is 16.1. The van der Waals surface area contributed by atoms with Crippen LogP contribution >= 0.6 is 0 Å². The molecule has 2 rings (SSSR count). The highest BCUT2D eigenvalue weighted by molar-refractivity contribution is 5.94. The van der Waals surface area contributed by atoms with Crippen LogP contribution in [0.3, 0.4) is 0 Å². The fourth-order valence-corrected chi connectivity index (χ4v) is 3.00. The second-order valence-corrected chi connectivity index (χ2v) is 7.35. The van der Waals surface area contributed by atoms with Crippen LogP contribution in [0.4, 0.5) is 14.9 Å². The topological polar surface area (TPSA) is 111 Å². The Hall–Kier alpha value is -2.68. The van der Waals surface area contributed by atoms with Gasteiger partial charge in [-0.05, 0) is 36.8 Å². The van der Waals surface area contributed by atoms with Gasteiger partial charge in [0, 0.05) is 6.54 Å². The minimum atomic E-state index is -0.904. The van der Waals surface area contributed by atoms with Crippen molar-refractivity contribution < 1.29 is 24.0 Å². The molecule has 0 bridgehead atoms. The number of urea groups is 1. The molecular formula is C19H27FN4O4. The fraction of sp³-hybridized carbons (Fsp3) is 0.526. The number of amides is 4. The summed E-state index contributed by atoms with van der Waals surface area (Å²) in [6, 6.07) is 4.09. The molecule has 9 heteroatoms. The van der Waals surface area contributed by atoms with Crippen molar-refractivity contribution in [3.8, 4) is 0 Å². The van der Waals surface area contributed by atoms with Crippen LogP contribution in [0, 0.1) is 17.7 Å². The number of halogens is 1. The Balaban J connectivity index is 2.07. The van der Waals surface area contributed by atoms with Gasteiger partial charge in [0.1, 0.15) is 18.4 Å². The smallest absolute Gasteiger partial charge is 0.319 e. The summed E-state index contributed by atoms with van der Waals surface area (Å²) in [5.41, 5.74) is 1.53. The lowest BCUT2D eigenvalue weighted by Gasteiger charge is -2.34. The summed E-state index contributed by atoms with van der Waals surface area (Å²) < 4.78 is 13.7. The van der Waals surface area contributed by atoms with Gasteiger partial charge in [-0.15, -0.1) is 0 Å². The Morgan fingerprint density at radius 2 is 1.93 bits per heavy atom. The van der Waals surface area contributed by atoms with Crippen LogP contribution in [0.2, 0.25) is 0 Å². The number of benzene rings is 1. The maximum atomic E-state index is 13.7. The molecular weight excluding hydrogens is 367 g/mol. The normalized spacial score (nSPS) is 14.8. The minimum absolute atomic E-state index is 0.000868. The Kier molecular flexibility index (Phi) is 7.74. The van der Waals surface area contributed by atoms with E-state index >= 15 is 0 Å². The third-order valence-electron chi connectivity index (χ3n) is 4.82. The summed E-state index contributed by atoms with van der Waals surface area (Å²) in [4.78, 5) is 38.3. The molecule has 1 aromatic carbocycles. The monoisotopic (exact) mass is 394 g/mol. The molecule has 1 saturated carbocycles. The summed E-state index contributed by atoms with van der Waals surface area (Å²) in [6.07, 6.45) is 3.02. The first-order valence-electron chi connectivity index (χ1n) is 9.35. The van der Waals surface area contributed by atoms with Crippen molar-refractivity contribution in [3.63, 3.8) is 0 Å². The van der Waals surface area contributed by atoms with E-state index in [1.807, 2.05) is 0 Å². The lowest BCUT2D eigenvalue weighted by atomic mass is 9.85. The molecule has 8 nitrogen and oxygen atoms in total. The van der Waals surface area contributed by atoms with Crippen molar-refractivity contribution in [1.82, 2.24) is 15.7 Å². The van der Waals surface area contributed by atoms with Crippen molar-refractivity contribution in [2.24, 2.45) is 11.8 Å². The number of hydroxylamine groups is 1. The van der Waals surface area contributed by atoms with E-state index in [0.29, 0.717) is 12.5 Å². The quantitative estimate of drug-likeness (QED) is 0.400. The highest BCUT2D eigenvalue weighted by Gasteiger charge is 2.32. The number of carbonyl (C=O) groups is 3. The molecule has 1 fully saturated rings. The standard InChI is InChI=1S/C19H27FN4O4/c1-12(2)17(22-19(27)21-15-9-4-3-8-14(15)20)18(26)24(11-16(25)23-28)10-13-6-5-7-13/h3-4,8-9,12-13,17,28H,5-7,10-11H2,1-2H3,(H,23,25)(H2,21,22,27)/t17-/m0/s1. The largest absolute Gasteiger partial charge is 0.331 e. The Morgan fingerprint density at radius 1 is 1.25 bits per heavy atom. The van der Waals surface area contributed by atoms with Crippen LogP contribution in [-0.2, 0) is 9.59 Å². The second kappa shape index (κ2) is 10.0. The van der Waals surface area contributed by atoms with Gasteiger partial charge in [-0.25, -0.2) is 14.7 Å². The molecule has 4 amide bonds. The number of hydrogen-bond acceptors (Lipinski definition) is 4. The number of hydrogen-bond donors (Lipinski definition) is 4. The molecule has 0 aromatic heterocycles. The zero-order valence-corrected chi connectivity index (χ0v) is 16.1. The molecule has 0 spiro atoms. The first kappa shape index (κ1) is 21.6. The van der Waals surface area contributed by atoms with Crippen LogP contribution < -0.4 is 16.1 Å². The average molecular weight is 394 g/mol. The van der Waals surface area contributed by atoms with Crippen LogP contribution in [0.5, 0.6) is 0 Å². The van der Waals surface area contributed by atoms with E-state index < -0.39 is 29.7 Å². The predicted molar refractivity (Wildman–Crippen MR) is 101 cm³/mol. The first-order chi connectivity index (χ1) is 13.3. The Bertz CT molecular complexity index is 709. The average Bonchev–Trinajstić information content (AvgIpc) is 2.62. The number of anilines is 1. The highest BCUT2D eigenvalue weighted by atomic mass is 19.1. The van der Waals surface area contributed by atoms with Gasteiger partial charge in [0.15, 0.2) is 0 Å². The summed E-state index contributed by atoms with van der Waals surface area (Å²) in [7, 11) is 0. The van der Waals surface area contributed by atoms with E-state index in [1.165, 1.54) is 28.6 Å². The van der Waals surface area contributed by atoms with Crippen molar-refractivity contribution in [1.29, 1.82) is 0 Å². The molecule has 154 valence electrons. The summed E-state index contributed by atoms with van der Waals surface area (Å²) in [5, 5.41) is 13.8. The molecule has 0 saturated heterocycles. The molecule has 1 atom stereocenters. The van der Waals surface area contributed by atoms with Crippen LogP contribution in [0.25, 0.3) is 0 Å². The number of para-hydroxylation sites is 1. The number of nitrogens with zero attached hydrogens (tertiary/aromatic N) is 1. The van der Waals surface area contributed by atoms with E-state index in [4.69, 9.17) is 5.21 Å². The third kappa shape index (κ3) is 5.91. The lowest BCUT2D eigenvalue weighted by Crippen LogP contribution is -2.55. The van der Waals surface area contributed by atoms with E-state index in [2.05, 4.69) is 10.6 Å². The summed E-state index contributed by atoms with van der Waals surface area (Å²) in [5.74, 6) is -1.67. The van der Waals surface area contributed by atoms with E-state index in [1.54, 1.807) is 19.9 Å². The number of nitrogens with one attached hydrogen (secondary N) is 3. The SMILES string of the molecule is CC(C)[C@H](NC(=O)Nc1ccccc1F)C(=O)N(CC(=O)NO)CC1CCC1. The van der Waals surface area contributed by atoms with Crippen molar-refractivity contribution in [2.45, 2.75) is 39.2 Å². The maximum Gasteiger partial charge on any atom is 0.319 e. The van der Waals surface area contributed by atoms with Crippen molar-refractivity contribution in [3.05, 3.63) is 30.1 Å². The third-order valence-corrected chi connectivity index (χ3v) is 4.82. The molecule has 1 aromatic rings. The fourth-order valence-electron chi connectivity index (χ4n) is 3.00. The van der Waals surface area contributed by atoms with Gasteiger partial charge < -0.3 is 15.5 Å². The Labute approximate surface area is 163 Å². The van der Waals surface area contributed by atoms with E-state index in [-0.39, 0.29) is 18.2 Å². The number of carbonyl (C=O) groups excluding carboxylic acids is 3. The number of rotatable bonds is 8. The molecule has 0 unspecified atom stereocenters. The van der Waals surface area contributed by atoms with Crippen molar-refractivity contribution in [2.75, 3.05) is 18.4 Å². The van der Waals surface area contributed by atoms with Crippen molar-refractivity contribution >= 4 is 23.5 Å². The molecule has 0 heterocycles. The summed E-state index contributed by atoms with van der Waals surface area (Å²) in [6.45, 7) is 3.61. The van der Waals surface area contributed by atoms with Gasteiger partial charge in [-0.2, -0.15) is 0 Å². The van der Waals surface area contributed by atoms with Gasteiger partial charge in [-0.3, -0.25) is 14.8 Å². The molecule has 1 aliphatic carbocycles. The molecule has 4 N–H and O–H groups in total. The first-order valence-corrected chi connectivity index (χ1v) is 9.35. The molecule has 0 radical (unpaired) electrons. The minimum Gasteiger partial charge on any atom is -0.331 e. The highest BCUT2D eigenvalue weighted by Crippen LogP contribution is 2.27. The van der Waals surface area contributed by atoms with Gasteiger partial charge >= 0.3 is 6.03 Å². The Morgan fingerprint density at radius 3 is 2.46 bits per heavy atom. The van der Waals surface area contributed by atoms with E-state index in [9.17, 15) is 18.8 Å². The van der Waals surface area contributed by atoms with Crippen LogP contribution in [0.1, 0.15) is 33.1 Å². The van der Waals surface area contributed by atoms with Gasteiger partial charge in [0.05, 0.1) is 5.69 Å². The molecule has 28 heavy (non-hydrogen) atoms. The molecule has 0 aliphatic heterocycles. The van der Waals surface area contributed by atoms with Gasteiger partial charge in [0.25, 0.3) is 5.91 Å². The lowest BCUT2D eigenvalue weighted by molar-refractivity contribution is -0.142. The van der Waals surface area contributed by atoms with Crippen LogP contribution in [-0.4, -0.2) is 47.1 Å².